The molecule has 0 bridgehead atoms. The highest BCUT2D eigenvalue weighted by atomic mass is 19.1. The zero-order chi connectivity index (χ0) is 21.3. The fourth-order valence-electron chi connectivity index (χ4n) is 4.18. The number of benzene rings is 2. The monoisotopic (exact) mass is 400 g/mol. The molecule has 0 fully saturated rings. The molecule has 1 aliphatic carbocycles. The first-order valence-electron chi connectivity index (χ1n) is 10.2. The molecule has 2 aromatic rings. The van der Waals surface area contributed by atoms with Gasteiger partial charge in [0.25, 0.3) is 0 Å². The number of amides is 1. The Bertz CT molecular complexity index is 911. The molecule has 0 radical (unpaired) electrons. The fraction of sp³-hybridized carbons (Fsp3) is 0.458. The Morgan fingerprint density at radius 3 is 2.38 bits per heavy atom. The van der Waals surface area contributed by atoms with Crippen LogP contribution in [0.25, 0.3) is 0 Å². The van der Waals surface area contributed by atoms with Crippen molar-refractivity contribution in [1.82, 2.24) is 0 Å². The van der Waals surface area contributed by atoms with Gasteiger partial charge in [-0.2, -0.15) is 0 Å². The number of rotatable bonds is 4. The Labute approximate surface area is 171 Å². The van der Waals surface area contributed by atoms with E-state index in [0.717, 1.165) is 47.7 Å². The van der Waals surface area contributed by atoms with E-state index < -0.39 is 11.6 Å². The van der Waals surface area contributed by atoms with Crippen molar-refractivity contribution in [2.75, 3.05) is 10.6 Å². The second-order valence-electron chi connectivity index (χ2n) is 9.29. The zero-order valence-corrected chi connectivity index (χ0v) is 17.9. The van der Waals surface area contributed by atoms with Crippen LogP contribution in [0.15, 0.2) is 24.3 Å². The van der Waals surface area contributed by atoms with Crippen molar-refractivity contribution in [3.63, 3.8) is 0 Å². The Morgan fingerprint density at radius 1 is 1.10 bits per heavy atom. The van der Waals surface area contributed by atoms with Crippen LogP contribution in [0, 0.1) is 30.9 Å². The first kappa shape index (κ1) is 21.3. The lowest BCUT2D eigenvalue weighted by Crippen LogP contribution is -2.23. The molecule has 156 valence electrons. The molecular weight excluding hydrogens is 370 g/mol. The quantitative estimate of drug-likeness (QED) is 0.619. The Morgan fingerprint density at radius 2 is 1.76 bits per heavy atom. The van der Waals surface area contributed by atoms with E-state index in [2.05, 4.69) is 16.7 Å². The van der Waals surface area contributed by atoms with E-state index in [0.29, 0.717) is 12.1 Å². The maximum atomic E-state index is 13.6. The molecule has 0 saturated heterocycles. The number of fused-ring (bicyclic) bond motifs is 1. The van der Waals surface area contributed by atoms with Gasteiger partial charge in [0.05, 0.1) is 6.04 Å². The fourth-order valence-corrected chi connectivity index (χ4v) is 4.18. The maximum Gasteiger partial charge on any atom is 0.224 e. The molecule has 1 amide bonds. The van der Waals surface area contributed by atoms with Crippen molar-refractivity contribution in [1.29, 1.82) is 0 Å². The van der Waals surface area contributed by atoms with Crippen LogP contribution in [0.1, 0.15) is 68.3 Å². The molecule has 5 heteroatoms. The minimum atomic E-state index is -0.590. The average molecular weight is 401 g/mol. The van der Waals surface area contributed by atoms with E-state index in [-0.39, 0.29) is 17.4 Å². The molecule has 3 rings (SSSR count). The van der Waals surface area contributed by atoms with Crippen LogP contribution in [-0.2, 0) is 11.2 Å². The third-order valence-corrected chi connectivity index (χ3v) is 5.40. The summed E-state index contributed by atoms with van der Waals surface area (Å²) in [4.78, 5) is 12.5. The Balaban J connectivity index is 1.89. The second kappa shape index (κ2) is 8.13. The van der Waals surface area contributed by atoms with Crippen LogP contribution >= 0.6 is 0 Å². The molecule has 0 aromatic heterocycles. The van der Waals surface area contributed by atoms with Crippen LogP contribution < -0.4 is 10.6 Å². The van der Waals surface area contributed by atoms with Crippen LogP contribution in [0.3, 0.4) is 0 Å². The highest BCUT2D eigenvalue weighted by Gasteiger charge is 2.25. The molecule has 0 heterocycles. The van der Waals surface area contributed by atoms with Gasteiger partial charge in [0.15, 0.2) is 0 Å². The molecular formula is C24H30F2N2O. The number of carbonyl (C=O) groups excluding carboxylic acids is 1. The number of nitrogens with one attached hydrogen (secondary N) is 2. The summed E-state index contributed by atoms with van der Waals surface area (Å²) in [6.45, 7) is 10.2. The van der Waals surface area contributed by atoms with Crippen LogP contribution in [0.5, 0.6) is 0 Å². The van der Waals surface area contributed by atoms with Gasteiger partial charge < -0.3 is 10.6 Å². The minimum Gasteiger partial charge on any atom is -0.378 e. The SMILES string of the molecule is Cc1cc2c(c(C)c1NC(=O)CC(C)(C)C)CCCC2Nc1cc(F)cc(F)c1. The van der Waals surface area contributed by atoms with Gasteiger partial charge >= 0.3 is 0 Å². The van der Waals surface area contributed by atoms with Gasteiger partial charge in [0, 0.05) is 23.9 Å². The summed E-state index contributed by atoms with van der Waals surface area (Å²) >= 11 is 0. The van der Waals surface area contributed by atoms with E-state index in [9.17, 15) is 13.6 Å². The van der Waals surface area contributed by atoms with E-state index in [4.69, 9.17) is 0 Å². The molecule has 1 atom stereocenters. The topological polar surface area (TPSA) is 41.1 Å². The summed E-state index contributed by atoms with van der Waals surface area (Å²) in [5.41, 5.74) is 5.69. The first-order chi connectivity index (χ1) is 13.5. The number of hydrogen-bond acceptors (Lipinski definition) is 2. The molecule has 3 nitrogen and oxygen atoms in total. The summed E-state index contributed by atoms with van der Waals surface area (Å²) in [5, 5.41) is 6.40. The number of halogens is 2. The molecule has 0 saturated carbocycles. The highest BCUT2D eigenvalue weighted by Crippen LogP contribution is 2.39. The van der Waals surface area contributed by atoms with E-state index >= 15 is 0 Å². The smallest absolute Gasteiger partial charge is 0.224 e. The van der Waals surface area contributed by atoms with E-state index in [1.807, 2.05) is 34.6 Å². The molecule has 1 unspecified atom stereocenters. The summed E-state index contributed by atoms with van der Waals surface area (Å²) in [6, 6.07) is 5.59. The predicted octanol–water partition coefficient (Wildman–Crippen LogP) is 6.45. The van der Waals surface area contributed by atoms with Crippen LogP contribution in [-0.4, -0.2) is 5.91 Å². The standard InChI is InChI=1S/C24H30F2N2O/c1-14-9-20-19(15(2)23(14)28-22(29)13-24(3,4)5)7-6-8-21(20)27-18-11-16(25)10-17(26)12-18/h9-12,21,27H,6-8,13H2,1-5H3,(H,28,29). The number of anilines is 2. The normalized spacial score (nSPS) is 16.3. The van der Waals surface area contributed by atoms with Gasteiger partial charge in [-0.25, -0.2) is 8.78 Å². The zero-order valence-electron chi connectivity index (χ0n) is 17.9. The van der Waals surface area contributed by atoms with E-state index in [1.54, 1.807) is 0 Å². The van der Waals surface area contributed by atoms with Crippen LogP contribution in [0.4, 0.5) is 20.2 Å². The van der Waals surface area contributed by atoms with E-state index in [1.165, 1.54) is 17.7 Å². The highest BCUT2D eigenvalue weighted by molar-refractivity contribution is 5.93. The third kappa shape index (κ3) is 5.14. The van der Waals surface area contributed by atoms with Gasteiger partial charge in [-0.3, -0.25) is 4.79 Å². The largest absolute Gasteiger partial charge is 0.378 e. The van der Waals surface area contributed by atoms with Gasteiger partial charge in [-0.15, -0.1) is 0 Å². The average Bonchev–Trinajstić information content (AvgIpc) is 2.57. The molecule has 0 aliphatic heterocycles. The van der Waals surface area contributed by atoms with Crippen LogP contribution in [0.2, 0.25) is 0 Å². The van der Waals surface area contributed by atoms with Crippen molar-refractivity contribution in [2.24, 2.45) is 5.41 Å². The predicted molar refractivity (Wildman–Crippen MR) is 114 cm³/mol. The van der Waals surface area contributed by atoms with Crippen molar-refractivity contribution >= 4 is 17.3 Å². The molecule has 0 spiro atoms. The first-order valence-corrected chi connectivity index (χ1v) is 10.2. The maximum absolute atomic E-state index is 13.6. The Kier molecular flexibility index (Phi) is 5.97. The van der Waals surface area contributed by atoms with Crippen molar-refractivity contribution in [2.45, 2.75) is 66.3 Å². The van der Waals surface area contributed by atoms with Crippen molar-refractivity contribution in [3.05, 3.63) is 58.2 Å². The van der Waals surface area contributed by atoms with Gasteiger partial charge in [0.2, 0.25) is 5.91 Å². The number of aryl methyl sites for hydroxylation is 1. The van der Waals surface area contributed by atoms with Gasteiger partial charge in [0.1, 0.15) is 11.6 Å². The van der Waals surface area contributed by atoms with Gasteiger partial charge in [-0.05, 0) is 72.9 Å². The van der Waals surface area contributed by atoms with Crippen molar-refractivity contribution in [3.8, 4) is 0 Å². The minimum absolute atomic E-state index is 0.0170. The lowest BCUT2D eigenvalue weighted by Gasteiger charge is -2.30. The summed E-state index contributed by atoms with van der Waals surface area (Å²) < 4.78 is 27.2. The van der Waals surface area contributed by atoms with Crippen molar-refractivity contribution < 1.29 is 13.6 Å². The Hall–Kier alpha value is -2.43. The van der Waals surface area contributed by atoms with Gasteiger partial charge in [-0.1, -0.05) is 26.8 Å². The molecule has 1 aliphatic rings. The lowest BCUT2D eigenvalue weighted by atomic mass is 9.82. The summed E-state index contributed by atoms with van der Waals surface area (Å²) in [7, 11) is 0. The number of carbonyl (C=O) groups is 1. The molecule has 2 N–H and O–H groups in total. The summed E-state index contributed by atoms with van der Waals surface area (Å²) in [6.07, 6.45) is 3.25. The molecule has 29 heavy (non-hydrogen) atoms. The lowest BCUT2D eigenvalue weighted by molar-refractivity contribution is -0.117. The third-order valence-electron chi connectivity index (χ3n) is 5.40. The molecule has 2 aromatic carbocycles. The number of hydrogen-bond donors (Lipinski definition) is 2. The summed E-state index contributed by atoms with van der Waals surface area (Å²) in [5.74, 6) is -1.16. The second-order valence-corrected chi connectivity index (χ2v) is 9.29.